The zero-order valence-electron chi connectivity index (χ0n) is 10.5. The third kappa shape index (κ3) is 3.62. The van der Waals surface area contributed by atoms with Crippen LogP contribution < -0.4 is 5.32 Å². The van der Waals surface area contributed by atoms with Gasteiger partial charge in [-0.25, -0.2) is 0 Å². The second-order valence-corrected chi connectivity index (χ2v) is 4.71. The Morgan fingerprint density at radius 2 is 1.94 bits per heavy atom. The minimum Gasteiger partial charge on any atom is -0.448 e. The number of nitrogens with one attached hydrogen (secondary N) is 1. The van der Waals surface area contributed by atoms with Crippen LogP contribution in [0.15, 0.2) is 46.9 Å². The fourth-order valence-corrected chi connectivity index (χ4v) is 2.19. The highest BCUT2D eigenvalue weighted by Gasteiger charge is 2.10. The Balaban J connectivity index is 1.98. The largest absolute Gasteiger partial charge is 0.448 e. The van der Waals surface area contributed by atoms with Gasteiger partial charge >= 0.3 is 0 Å². The summed E-state index contributed by atoms with van der Waals surface area (Å²) < 4.78 is 5.35. The van der Waals surface area contributed by atoms with Crippen molar-refractivity contribution in [1.29, 1.82) is 0 Å². The maximum Gasteiger partial charge on any atom is 0.193 e. The molecule has 0 bridgehead atoms. The lowest BCUT2D eigenvalue weighted by Crippen LogP contribution is -2.20. The van der Waals surface area contributed by atoms with Crippen LogP contribution in [0.25, 0.3) is 0 Å². The van der Waals surface area contributed by atoms with Crippen LogP contribution in [0.1, 0.15) is 37.1 Å². The number of furan rings is 1. The molecule has 1 aromatic heterocycles. The molecule has 2 nitrogen and oxygen atoms in total. The minimum atomic E-state index is 0.361. The average Bonchev–Trinajstić information content (AvgIpc) is 2.81. The van der Waals surface area contributed by atoms with Gasteiger partial charge in [-0.1, -0.05) is 43.7 Å². The zero-order valence-corrected chi connectivity index (χ0v) is 11.3. The van der Waals surface area contributed by atoms with Gasteiger partial charge < -0.3 is 9.73 Å². The lowest BCUT2D eigenvalue weighted by atomic mass is 10.0. The molecule has 2 rings (SSSR count). The van der Waals surface area contributed by atoms with Gasteiger partial charge in [-0.05, 0) is 35.7 Å². The Morgan fingerprint density at radius 3 is 2.56 bits per heavy atom. The predicted octanol–water partition coefficient (Wildman–Crippen LogP) is 4.56. The van der Waals surface area contributed by atoms with Crippen LogP contribution in [0, 0.1) is 0 Å². The fourth-order valence-electron chi connectivity index (χ4n) is 2.03. The van der Waals surface area contributed by atoms with Gasteiger partial charge in [0.05, 0.1) is 6.54 Å². The molecule has 0 fully saturated rings. The van der Waals surface area contributed by atoms with Crippen molar-refractivity contribution in [3.05, 3.63) is 59.0 Å². The molecule has 1 heterocycles. The van der Waals surface area contributed by atoms with Crippen LogP contribution in [0.2, 0.25) is 5.22 Å². The summed E-state index contributed by atoms with van der Waals surface area (Å²) in [7, 11) is 0. The maximum atomic E-state index is 5.76. The van der Waals surface area contributed by atoms with Crippen molar-refractivity contribution in [1.82, 2.24) is 5.32 Å². The molecular weight excluding hydrogens is 246 g/mol. The fraction of sp³-hybridized carbons (Fsp3) is 0.333. The molecule has 1 N–H and O–H groups in total. The normalized spacial score (nSPS) is 12.6. The van der Waals surface area contributed by atoms with Crippen molar-refractivity contribution in [2.24, 2.45) is 0 Å². The molecule has 0 aliphatic carbocycles. The molecule has 1 unspecified atom stereocenters. The van der Waals surface area contributed by atoms with Crippen molar-refractivity contribution >= 4 is 11.6 Å². The van der Waals surface area contributed by atoms with Gasteiger partial charge in [0.25, 0.3) is 0 Å². The van der Waals surface area contributed by atoms with Crippen LogP contribution in [-0.4, -0.2) is 0 Å². The average molecular weight is 264 g/mol. The van der Waals surface area contributed by atoms with Crippen molar-refractivity contribution in [2.75, 3.05) is 0 Å². The number of benzene rings is 1. The highest BCUT2D eigenvalue weighted by Crippen LogP contribution is 2.20. The first-order valence-electron chi connectivity index (χ1n) is 6.32. The third-order valence-corrected chi connectivity index (χ3v) is 3.13. The van der Waals surface area contributed by atoms with Crippen LogP contribution in [0.5, 0.6) is 0 Å². The summed E-state index contributed by atoms with van der Waals surface area (Å²) in [5.74, 6) is 0.872. The van der Waals surface area contributed by atoms with E-state index >= 15 is 0 Å². The molecule has 0 saturated carbocycles. The quantitative estimate of drug-likeness (QED) is 0.826. The topological polar surface area (TPSA) is 25.2 Å². The van der Waals surface area contributed by atoms with Crippen molar-refractivity contribution in [3.8, 4) is 0 Å². The number of hydrogen-bond acceptors (Lipinski definition) is 2. The Hall–Kier alpha value is -1.25. The van der Waals surface area contributed by atoms with E-state index in [1.807, 2.05) is 12.1 Å². The van der Waals surface area contributed by atoms with Gasteiger partial charge in [0, 0.05) is 6.04 Å². The highest BCUT2D eigenvalue weighted by atomic mass is 35.5. The zero-order chi connectivity index (χ0) is 12.8. The third-order valence-electron chi connectivity index (χ3n) is 2.93. The first kappa shape index (κ1) is 13.2. The Labute approximate surface area is 113 Å². The molecule has 0 spiro atoms. The second-order valence-electron chi connectivity index (χ2n) is 4.34. The number of rotatable bonds is 6. The van der Waals surface area contributed by atoms with E-state index in [1.54, 1.807) is 6.07 Å². The monoisotopic (exact) mass is 263 g/mol. The van der Waals surface area contributed by atoms with Crippen molar-refractivity contribution < 1.29 is 4.42 Å². The van der Waals surface area contributed by atoms with E-state index < -0.39 is 0 Å². The molecule has 18 heavy (non-hydrogen) atoms. The highest BCUT2D eigenvalue weighted by molar-refractivity contribution is 6.28. The molecule has 0 amide bonds. The van der Waals surface area contributed by atoms with E-state index in [2.05, 4.69) is 36.5 Å². The van der Waals surface area contributed by atoms with E-state index in [0.29, 0.717) is 17.8 Å². The molecule has 0 saturated heterocycles. The standard InChI is InChI=1S/C15H18ClNO/c1-2-6-14(12-7-4-3-5-8-12)17-11-13-9-10-15(16)18-13/h3-5,7-10,14,17H,2,6,11H2,1H3. The van der Waals surface area contributed by atoms with Gasteiger partial charge in [-0.3, -0.25) is 0 Å². The molecule has 0 radical (unpaired) electrons. The van der Waals surface area contributed by atoms with Gasteiger partial charge in [-0.2, -0.15) is 0 Å². The van der Waals surface area contributed by atoms with E-state index in [9.17, 15) is 0 Å². The lowest BCUT2D eigenvalue weighted by molar-refractivity contribution is 0.434. The molecule has 1 aromatic carbocycles. The summed E-state index contributed by atoms with van der Waals surface area (Å²) in [6, 6.07) is 14.5. The van der Waals surface area contributed by atoms with Gasteiger partial charge in [0.15, 0.2) is 5.22 Å². The van der Waals surface area contributed by atoms with E-state index in [-0.39, 0.29) is 0 Å². The molecule has 96 valence electrons. The smallest absolute Gasteiger partial charge is 0.193 e. The van der Waals surface area contributed by atoms with Crippen molar-refractivity contribution in [3.63, 3.8) is 0 Å². The maximum absolute atomic E-state index is 5.76. The molecular formula is C15H18ClNO. The van der Waals surface area contributed by atoms with Crippen LogP contribution in [0.3, 0.4) is 0 Å². The van der Waals surface area contributed by atoms with Gasteiger partial charge in [0.2, 0.25) is 0 Å². The first-order chi connectivity index (χ1) is 8.79. The van der Waals surface area contributed by atoms with E-state index in [0.717, 1.165) is 18.6 Å². The number of halogens is 1. The SMILES string of the molecule is CCCC(NCc1ccc(Cl)o1)c1ccccc1. The summed E-state index contributed by atoms with van der Waals surface area (Å²) in [6.07, 6.45) is 2.25. The molecule has 2 aromatic rings. The summed E-state index contributed by atoms with van der Waals surface area (Å²) in [5.41, 5.74) is 1.32. The lowest BCUT2D eigenvalue weighted by Gasteiger charge is -2.17. The summed E-state index contributed by atoms with van der Waals surface area (Å²) >= 11 is 5.76. The summed E-state index contributed by atoms with van der Waals surface area (Å²) in [4.78, 5) is 0. The predicted molar refractivity (Wildman–Crippen MR) is 74.6 cm³/mol. The molecule has 3 heteroatoms. The first-order valence-corrected chi connectivity index (χ1v) is 6.70. The van der Waals surface area contributed by atoms with Crippen LogP contribution in [0.4, 0.5) is 0 Å². The molecule has 0 aliphatic rings. The van der Waals surface area contributed by atoms with Crippen LogP contribution in [-0.2, 0) is 6.54 Å². The molecule has 1 atom stereocenters. The Kier molecular flexibility index (Phi) is 4.85. The van der Waals surface area contributed by atoms with Gasteiger partial charge in [0.1, 0.15) is 5.76 Å². The Morgan fingerprint density at radius 1 is 1.17 bits per heavy atom. The number of hydrogen-bond donors (Lipinski definition) is 1. The van der Waals surface area contributed by atoms with E-state index in [1.165, 1.54) is 5.56 Å². The summed E-state index contributed by atoms with van der Waals surface area (Å²) in [6.45, 7) is 2.90. The second kappa shape index (κ2) is 6.62. The van der Waals surface area contributed by atoms with Crippen molar-refractivity contribution in [2.45, 2.75) is 32.4 Å². The summed E-state index contributed by atoms with van der Waals surface area (Å²) in [5, 5.41) is 3.96. The van der Waals surface area contributed by atoms with E-state index in [4.69, 9.17) is 16.0 Å². The minimum absolute atomic E-state index is 0.361. The molecule has 0 aliphatic heterocycles. The Bertz CT molecular complexity index is 466. The van der Waals surface area contributed by atoms with Gasteiger partial charge in [-0.15, -0.1) is 0 Å². The van der Waals surface area contributed by atoms with Crippen LogP contribution >= 0.6 is 11.6 Å².